The molecule has 8 nitrogen and oxygen atoms in total. The maximum absolute atomic E-state index is 12.0. The highest BCUT2D eigenvalue weighted by Gasteiger charge is 2.18. The number of morpholine rings is 1. The fourth-order valence-corrected chi connectivity index (χ4v) is 1.93. The number of hydrogen-bond donors (Lipinski definition) is 2. The van der Waals surface area contributed by atoms with Crippen LogP contribution in [0, 0.1) is 0 Å². The Labute approximate surface area is 110 Å². The summed E-state index contributed by atoms with van der Waals surface area (Å²) in [7, 11) is 0. The van der Waals surface area contributed by atoms with Gasteiger partial charge in [0.2, 0.25) is 0 Å². The van der Waals surface area contributed by atoms with Crippen LogP contribution in [0.25, 0.3) is 0 Å². The van der Waals surface area contributed by atoms with Crippen molar-refractivity contribution < 1.29 is 9.53 Å². The first-order chi connectivity index (χ1) is 9.13. The minimum absolute atomic E-state index is 0.333. The van der Waals surface area contributed by atoms with Gasteiger partial charge in [-0.1, -0.05) is 0 Å². The van der Waals surface area contributed by atoms with Crippen LogP contribution in [-0.2, 0) is 9.53 Å². The Kier molecular flexibility index (Phi) is 4.13. The Morgan fingerprint density at radius 3 is 2.79 bits per heavy atom. The first kappa shape index (κ1) is 13.5. The number of nitrogens with two attached hydrogens (primary N) is 1. The van der Waals surface area contributed by atoms with Gasteiger partial charge in [0.15, 0.2) is 0 Å². The summed E-state index contributed by atoms with van der Waals surface area (Å²) in [6, 6.07) is 0.731. The molecule has 0 aromatic carbocycles. The van der Waals surface area contributed by atoms with E-state index in [4.69, 9.17) is 10.6 Å². The van der Waals surface area contributed by atoms with E-state index in [2.05, 4.69) is 5.10 Å². The number of aromatic nitrogens is 2. The van der Waals surface area contributed by atoms with Crippen LogP contribution in [0.5, 0.6) is 0 Å². The molecule has 0 saturated carbocycles. The normalized spacial score (nSPS) is 17.1. The molecular weight excluding hydrogens is 250 g/mol. The lowest BCUT2D eigenvalue weighted by Gasteiger charge is -2.28. The fraction of sp³-hybridized carbons (Fsp3) is 0.545. The molecule has 8 heteroatoms. The van der Waals surface area contributed by atoms with E-state index in [9.17, 15) is 9.59 Å². The first-order valence-electron chi connectivity index (χ1n) is 6.05. The number of hydrazine groups is 1. The molecule has 0 bridgehead atoms. The van der Waals surface area contributed by atoms with E-state index in [1.807, 2.05) is 10.3 Å². The lowest BCUT2D eigenvalue weighted by atomic mass is 10.3. The Morgan fingerprint density at radius 2 is 2.21 bits per heavy atom. The molecule has 0 spiro atoms. The highest BCUT2D eigenvalue weighted by molar-refractivity contribution is 5.79. The van der Waals surface area contributed by atoms with Gasteiger partial charge < -0.3 is 9.64 Å². The molecule has 1 aliphatic heterocycles. The summed E-state index contributed by atoms with van der Waals surface area (Å²) in [5.41, 5.74) is 2.41. The van der Waals surface area contributed by atoms with Crippen molar-refractivity contribution in [1.82, 2.24) is 15.2 Å². The van der Waals surface area contributed by atoms with Crippen LogP contribution in [0.1, 0.15) is 13.0 Å². The molecule has 104 valence electrons. The predicted molar refractivity (Wildman–Crippen MR) is 68.6 cm³/mol. The predicted octanol–water partition coefficient (Wildman–Crippen LogP) is -1.37. The fourth-order valence-electron chi connectivity index (χ4n) is 1.93. The molecule has 1 unspecified atom stereocenters. The number of rotatable bonds is 3. The van der Waals surface area contributed by atoms with E-state index in [1.54, 1.807) is 13.1 Å². The second-order valence-corrected chi connectivity index (χ2v) is 4.28. The minimum Gasteiger partial charge on any atom is -0.378 e. The van der Waals surface area contributed by atoms with Crippen molar-refractivity contribution >= 4 is 11.6 Å². The van der Waals surface area contributed by atoms with Crippen molar-refractivity contribution in [3.63, 3.8) is 0 Å². The second kappa shape index (κ2) is 5.81. The average molecular weight is 267 g/mol. The van der Waals surface area contributed by atoms with Crippen molar-refractivity contribution in [2.24, 2.45) is 5.84 Å². The van der Waals surface area contributed by atoms with Gasteiger partial charge in [-0.15, -0.1) is 0 Å². The molecule has 1 saturated heterocycles. The first-order valence-corrected chi connectivity index (χ1v) is 6.05. The van der Waals surface area contributed by atoms with Gasteiger partial charge in [0.05, 0.1) is 25.1 Å². The number of hydrogen-bond acceptors (Lipinski definition) is 6. The van der Waals surface area contributed by atoms with Crippen LogP contribution in [-0.4, -0.2) is 42.0 Å². The second-order valence-electron chi connectivity index (χ2n) is 4.28. The smallest absolute Gasteiger partial charge is 0.269 e. The molecule has 1 amide bonds. The van der Waals surface area contributed by atoms with Crippen LogP contribution in [0.3, 0.4) is 0 Å². The summed E-state index contributed by atoms with van der Waals surface area (Å²) < 4.78 is 6.35. The monoisotopic (exact) mass is 267 g/mol. The standard InChI is InChI=1S/C11H17N5O3/c1-8(11(18)14-12)16-10(17)6-9(7-13-16)15-2-4-19-5-3-15/h6-8H,2-5,12H2,1H3,(H,14,18). The molecular formula is C11H17N5O3. The molecule has 19 heavy (non-hydrogen) atoms. The molecule has 1 aromatic rings. The maximum Gasteiger partial charge on any atom is 0.269 e. The number of ether oxygens (including phenoxy) is 1. The zero-order valence-electron chi connectivity index (χ0n) is 10.7. The molecule has 0 radical (unpaired) electrons. The molecule has 0 aliphatic carbocycles. The molecule has 3 N–H and O–H groups in total. The number of nitrogens with zero attached hydrogens (tertiary/aromatic N) is 3. The van der Waals surface area contributed by atoms with Gasteiger partial charge >= 0.3 is 0 Å². The molecule has 2 rings (SSSR count). The van der Waals surface area contributed by atoms with Gasteiger partial charge in [0.1, 0.15) is 6.04 Å². The topological polar surface area (TPSA) is 102 Å². The van der Waals surface area contributed by atoms with Gasteiger partial charge in [-0.2, -0.15) is 5.10 Å². The Bertz CT molecular complexity index is 509. The SMILES string of the molecule is CC(C(=O)NN)n1ncc(N2CCOCC2)cc1=O. The van der Waals surface area contributed by atoms with Crippen molar-refractivity contribution in [1.29, 1.82) is 0 Å². The maximum atomic E-state index is 12.0. The Balaban J connectivity index is 2.21. The van der Waals surface area contributed by atoms with Gasteiger partial charge in [-0.05, 0) is 6.92 Å². The molecule has 1 fully saturated rings. The summed E-state index contributed by atoms with van der Waals surface area (Å²) in [5, 5.41) is 4.03. The van der Waals surface area contributed by atoms with Crippen LogP contribution < -0.4 is 21.7 Å². The highest BCUT2D eigenvalue weighted by atomic mass is 16.5. The summed E-state index contributed by atoms with van der Waals surface area (Å²) in [6.07, 6.45) is 1.58. The lowest BCUT2D eigenvalue weighted by Crippen LogP contribution is -2.41. The molecule has 1 aromatic heterocycles. The summed E-state index contributed by atoms with van der Waals surface area (Å²) >= 11 is 0. The van der Waals surface area contributed by atoms with Crippen LogP contribution in [0.2, 0.25) is 0 Å². The van der Waals surface area contributed by atoms with Gasteiger partial charge in [0.25, 0.3) is 11.5 Å². The van der Waals surface area contributed by atoms with Crippen molar-refractivity contribution in [2.45, 2.75) is 13.0 Å². The highest BCUT2D eigenvalue weighted by Crippen LogP contribution is 2.12. The van der Waals surface area contributed by atoms with Gasteiger partial charge in [-0.3, -0.25) is 15.0 Å². The minimum atomic E-state index is -0.740. The Morgan fingerprint density at radius 1 is 1.53 bits per heavy atom. The summed E-state index contributed by atoms with van der Waals surface area (Å²) in [5.74, 6) is 4.58. The van der Waals surface area contributed by atoms with Crippen LogP contribution in [0.4, 0.5) is 5.69 Å². The van der Waals surface area contributed by atoms with E-state index in [0.717, 1.165) is 23.5 Å². The van der Waals surface area contributed by atoms with Crippen LogP contribution in [0.15, 0.2) is 17.1 Å². The number of nitrogens with one attached hydrogen (secondary N) is 1. The van der Waals surface area contributed by atoms with E-state index in [-0.39, 0.29) is 5.56 Å². The third-order valence-electron chi connectivity index (χ3n) is 3.08. The average Bonchev–Trinajstić information content (AvgIpc) is 2.46. The number of carbonyl (C=O) groups excluding carboxylic acids is 1. The van der Waals surface area contributed by atoms with E-state index < -0.39 is 11.9 Å². The molecule has 1 aliphatic rings. The van der Waals surface area contributed by atoms with E-state index in [0.29, 0.717) is 13.2 Å². The zero-order chi connectivity index (χ0) is 13.8. The summed E-state index contributed by atoms with van der Waals surface area (Å²) in [4.78, 5) is 25.4. The van der Waals surface area contributed by atoms with Crippen molar-refractivity contribution in [2.75, 3.05) is 31.2 Å². The lowest BCUT2D eigenvalue weighted by molar-refractivity contribution is -0.124. The van der Waals surface area contributed by atoms with Crippen molar-refractivity contribution in [3.8, 4) is 0 Å². The quantitative estimate of drug-likeness (QED) is 0.398. The number of amides is 1. The number of carbonyl (C=O) groups is 1. The van der Waals surface area contributed by atoms with E-state index in [1.165, 1.54) is 6.07 Å². The zero-order valence-corrected chi connectivity index (χ0v) is 10.7. The number of anilines is 1. The van der Waals surface area contributed by atoms with Gasteiger partial charge in [-0.25, -0.2) is 10.5 Å². The largest absolute Gasteiger partial charge is 0.378 e. The van der Waals surface area contributed by atoms with Crippen molar-refractivity contribution in [3.05, 3.63) is 22.6 Å². The molecule has 1 atom stereocenters. The van der Waals surface area contributed by atoms with Crippen LogP contribution >= 0.6 is 0 Å². The molecule has 2 heterocycles. The Hall–Kier alpha value is -1.93. The van der Waals surface area contributed by atoms with E-state index >= 15 is 0 Å². The van der Waals surface area contributed by atoms with Gasteiger partial charge in [0, 0.05) is 19.2 Å². The third-order valence-corrected chi connectivity index (χ3v) is 3.08. The summed E-state index contributed by atoms with van der Waals surface area (Å²) in [6.45, 7) is 4.28. The third kappa shape index (κ3) is 2.91.